The van der Waals surface area contributed by atoms with Crippen LogP contribution in [0.25, 0.3) is 0 Å². The number of piperidine rings is 1. The van der Waals surface area contributed by atoms with Crippen LogP contribution < -0.4 is 11.1 Å². The third-order valence-electron chi connectivity index (χ3n) is 4.36. The van der Waals surface area contributed by atoms with Gasteiger partial charge in [-0.25, -0.2) is 0 Å². The average Bonchev–Trinajstić information content (AvgIpc) is 2.93. The molecule has 9 heteroatoms. The van der Waals surface area contributed by atoms with Crippen LogP contribution >= 0.6 is 10.2 Å². The first-order valence-electron chi connectivity index (χ1n) is 6.22. The van der Waals surface area contributed by atoms with Gasteiger partial charge in [0.2, 0.25) is 5.91 Å². The molecule has 3 nitrogen and oxygen atoms in total. The minimum absolute atomic E-state index is 0.0980. The van der Waals surface area contributed by atoms with Crippen molar-refractivity contribution in [3.63, 3.8) is 0 Å². The van der Waals surface area contributed by atoms with Crippen LogP contribution in [0.2, 0.25) is 0 Å². The van der Waals surface area contributed by atoms with Gasteiger partial charge in [-0.1, -0.05) is 31.6 Å². The molecule has 1 aromatic rings. The zero-order chi connectivity index (χ0) is 15.7. The summed E-state index contributed by atoms with van der Waals surface area (Å²) in [6.45, 7) is 0.539. The number of hydrogen-bond acceptors (Lipinski definition) is 2. The van der Waals surface area contributed by atoms with Crippen molar-refractivity contribution >= 4 is 16.1 Å². The topological polar surface area (TPSA) is 55.1 Å². The van der Waals surface area contributed by atoms with Gasteiger partial charge in [0.15, 0.2) is 0 Å². The van der Waals surface area contributed by atoms with Gasteiger partial charge < -0.3 is 11.1 Å². The van der Waals surface area contributed by atoms with E-state index in [-0.39, 0.29) is 5.92 Å². The van der Waals surface area contributed by atoms with E-state index in [1.54, 1.807) is 0 Å². The van der Waals surface area contributed by atoms with E-state index in [0.29, 0.717) is 30.7 Å². The van der Waals surface area contributed by atoms with Crippen LogP contribution in [0.15, 0.2) is 29.2 Å². The largest absolute Gasteiger partial charge is 0.368 e. The highest BCUT2D eigenvalue weighted by Crippen LogP contribution is 3.02. The lowest BCUT2D eigenvalue weighted by Crippen LogP contribution is -2.45. The first kappa shape index (κ1) is 14.6. The van der Waals surface area contributed by atoms with Crippen molar-refractivity contribution < 1.29 is 24.2 Å². The molecule has 1 heterocycles. The molecule has 3 rings (SSSR count). The second kappa shape index (κ2) is 3.35. The zero-order valence-electron chi connectivity index (χ0n) is 10.7. The third kappa shape index (κ3) is 2.18. The number of fused-ring (bicyclic) bond motifs is 1. The number of benzene rings is 1. The monoisotopic (exact) mass is 328 g/mol. The van der Waals surface area contributed by atoms with Crippen LogP contribution in [0.3, 0.4) is 0 Å². The van der Waals surface area contributed by atoms with Gasteiger partial charge in [0.25, 0.3) is 0 Å². The van der Waals surface area contributed by atoms with Crippen LogP contribution in [-0.2, 0) is 10.2 Å². The fourth-order valence-electron chi connectivity index (χ4n) is 3.30. The van der Waals surface area contributed by atoms with Gasteiger partial charge in [0.05, 0.1) is 6.04 Å². The summed E-state index contributed by atoms with van der Waals surface area (Å²) >= 11 is 0. The lowest BCUT2D eigenvalue weighted by Gasteiger charge is -2.40. The van der Waals surface area contributed by atoms with E-state index in [4.69, 9.17) is 5.73 Å². The van der Waals surface area contributed by atoms with E-state index in [1.165, 1.54) is 0 Å². The van der Waals surface area contributed by atoms with Crippen molar-refractivity contribution in [3.05, 3.63) is 29.8 Å². The van der Waals surface area contributed by atoms with Crippen molar-refractivity contribution in [3.8, 4) is 0 Å². The number of primary amides is 1. The number of nitrogens with two attached hydrogens (primary N) is 1. The Hall–Kier alpha value is -1.35. The lowest BCUT2D eigenvalue weighted by molar-refractivity contribution is -0.120. The third-order valence-corrected chi connectivity index (χ3v) is 5.52. The Kier molecular flexibility index (Phi) is 2.33. The molecule has 1 amide bonds. The highest BCUT2D eigenvalue weighted by Gasteiger charge is 2.67. The molecule has 2 aliphatic rings. The van der Waals surface area contributed by atoms with E-state index in [9.17, 15) is 24.2 Å². The van der Waals surface area contributed by atoms with Gasteiger partial charge in [-0.15, -0.1) is 0 Å². The summed E-state index contributed by atoms with van der Waals surface area (Å²) in [4.78, 5) is 9.49. The molecule has 21 heavy (non-hydrogen) atoms. The maximum absolute atomic E-state index is 12.7. The van der Waals surface area contributed by atoms with Crippen LogP contribution in [0.4, 0.5) is 19.4 Å². The molecule has 0 bridgehead atoms. The molecule has 3 atom stereocenters. The molecule has 3 unspecified atom stereocenters. The van der Waals surface area contributed by atoms with E-state index in [1.807, 2.05) is 0 Å². The molecule has 118 valence electrons. The van der Waals surface area contributed by atoms with Gasteiger partial charge in [0, 0.05) is 5.41 Å². The minimum atomic E-state index is -9.66. The molecule has 0 aromatic heterocycles. The summed E-state index contributed by atoms with van der Waals surface area (Å²) in [6.07, 6.45) is 0.614. The Balaban J connectivity index is 1.99. The Morgan fingerprint density at radius 1 is 1.19 bits per heavy atom. The molecule has 0 spiro atoms. The summed E-state index contributed by atoms with van der Waals surface area (Å²) in [5.74, 6) is -0.493. The van der Waals surface area contributed by atoms with Crippen molar-refractivity contribution in [1.29, 1.82) is 0 Å². The number of halogens is 5. The fraction of sp³-hybridized carbons (Fsp3) is 0.417. The molecule has 1 aromatic carbocycles. The Bertz CT molecular complexity index is 629. The summed E-state index contributed by atoms with van der Waals surface area (Å²) in [5.41, 5.74) is 5.07. The number of amides is 1. The van der Waals surface area contributed by atoms with Gasteiger partial charge in [-0.3, -0.25) is 4.79 Å². The molecule has 1 saturated carbocycles. The van der Waals surface area contributed by atoms with Gasteiger partial charge in [-0.2, -0.15) is 0 Å². The molecular formula is C12H13F5N2OS. The molecule has 0 radical (unpaired) electrons. The molecule has 1 aliphatic carbocycles. The number of rotatable bonds is 3. The lowest BCUT2D eigenvalue weighted by atomic mass is 9.87. The highest BCUT2D eigenvalue weighted by molar-refractivity contribution is 8.45. The van der Waals surface area contributed by atoms with Crippen molar-refractivity contribution in [1.82, 2.24) is 5.32 Å². The van der Waals surface area contributed by atoms with Crippen LogP contribution in [0, 0.1) is 5.92 Å². The summed E-state index contributed by atoms with van der Waals surface area (Å²) in [6, 6.07) is 2.15. The van der Waals surface area contributed by atoms with Crippen molar-refractivity contribution in [2.24, 2.45) is 11.7 Å². The summed E-state index contributed by atoms with van der Waals surface area (Å²) in [5, 5.41) is 2.92. The first-order chi connectivity index (χ1) is 9.34. The first-order valence-corrected chi connectivity index (χ1v) is 8.17. The second-order valence-electron chi connectivity index (χ2n) is 5.68. The van der Waals surface area contributed by atoms with Crippen LogP contribution in [0.5, 0.6) is 0 Å². The highest BCUT2D eigenvalue weighted by atomic mass is 32.5. The van der Waals surface area contributed by atoms with E-state index < -0.39 is 32.5 Å². The van der Waals surface area contributed by atoms with Crippen molar-refractivity contribution in [2.45, 2.75) is 22.8 Å². The minimum Gasteiger partial charge on any atom is -0.368 e. The fourth-order valence-corrected chi connectivity index (χ4v) is 3.95. The molecule has 2 fully saturated rings. The van der Waals surface area contributed by atoms with Crippen molar-refractivity contribution in [2.75, 3.05) is 6.54 Å². The normalized spacial score (nSPS) is 34.7. The molecule has 1 saturated heterocycles. The van der Waals surface area contributed by atoms with Gasteiger partial charge in [0.1, 0.15) is 4.90 Å². The SMILES string of the molecule is NC(=O)C1NCC2CC21c1ccc(S(F)(F)(F)(F)F)cc1. The van der Waals surface area contributed by atoms with Gasteiger partial charge in [-0.05, 0) is 36.6 Å². The predicted molar refractivity (Wildman–Crippen MR) is 68.6 cm³/mol. The maximum atomic E-state index is 12.7. The number of hydrogen-bond donors (Lipinski definition) is 2. The summed E-state index contributed by atoms with van der Waals surface area (Å²) < 4.78 is 63.4. The molecule has 3 N–H and O–H groups in total. The number of nitrogens with one attached hydrogen (secondary N) is 1. The average molecular weight is 328 g/mol. The Labute approximate surface area is 117 Å². The standard InChI is InChI=1S/C12H13F5N2OS/c13-21(14,15,16,17)9-3-1-7(2-4-9)12-5-8(12)6-19-10(12)11(18)20/h1-4,8,10,19H,5-6H2,(H2,18,20). The van der Waals surface area contributed by atoms with E-state index >= 15 is 0 Å². The van der Waals surface area contributed by atoms with Gasteiger partial charge >= 0.3 is 10.2 Å². The zero-order valence-corrected chi connectivity index (χ0v) is 11.5. The summed E-state index contributed by atoms with van der Waals surface area (Å²) in [7, 11) is -9.66. The van der Waals surface area contributed by atoms with Crippen LogP contribution in [-0.4, -0.2) is 18.5 Å². The smallest absolute Gasteiger partial charge is 0.310 e. The van der Waals surface area contributed by atoms with E-state index in [2.05, 4.69) is 5.32 Å². The quantitative estimate of drug-likeness (QED) is 0.838. The molecule has 1 aliphatic heterocycles. The van der Waals surface area contributed by atoms with E-state index in [0.717, 1.165) is 12.1 Å². The Morgan fingerprint density at radius 3 is 2.19 bits per heavy atom. The second-order valence-corrected chi connectivity index (χ2v) is 8.09. The number of carbonyl (C=O) groups is 1. The molecular weight excluding hydrogens is 315 g/mol. The maximum Gasteiger partial charge on any atom is 0.310 e. The Morgan fingerprint density at radius 2 is 1.76 bits per heavy atom. The number of carbonyl (C=O) groups excluding carboxylic acids is 1. The predicted octanol–water partition coefficient (Wildman–Crippen LogP) is 3.06. The van der Waals surface area contributed by atoms with Crippen LogP contribution in [0.1, 0.15) is 12.0 Å².